The fourth-order valence-electron chi connectivity index (χ4n) is 3.41. The third-order valence-corrected chi connectivity index (χ3v) is 4.86. The summed E-state index contributed by atoms with van der Waals surface area (Å²) in [6.45, 7) is 0.173. The van der Waals surface area contributed by atoms with Crippen molar-refractivity contribution < 1.29 is 14.9 Å². The summed E-state index contributed by atoms with van der Waals surface area (Å²) < 4.78 is 5.62. The van der Waals surface area contributed by atoms with Crippen LogP contribution in [0.15, 0.2) is 54.6 Å². The zero-order valence-corrected chi connectivity index (χ0v) is 13.7. The van der Waals surface area contributed by atoms with Crippen LogP contribution in [0.2, 0.25) is 0 Å². The lowest BCUT2D eigenvalue weighted by atomic mass is 9.87. The Bertz CT molecular complexity index is 646. The number of nitrogens with two attached hydrogens (primary N) is 1. The van der Waals surface area contributed by atoms with Crippen molar-refractivity contribution in [1.29, 1.82) is 0 Å². The Kier molecular flexibility index (Phi) is 5.51. The molecule has 0 saturated heterocycles. The maximum absolute atomic E-state index is 10.4. The first-order valence-corrected chi connectivity index (χ1v) is 8.52. The molecule has 24 heavy (non-hydrogen) atoms. The van der Waals surface area contributed by atoms with Gasteiger partial charge in [-0.1, -0.05) is 42.5 Å². The van der Waals surface area contributed by atoms with E-state index in [1.165, 1.54) is 0 Å². The lowest BCUT2D eigenvalue weighted by Gasteiger charge is -2.27. The van der Waals surface area contributed by atoms with Crippen molar-refractivity contribution in [2.45, 2.75) is 37.5 Å². The van der Waals surface area contributed by atoms with E-state index in [1.54, 1.807) is 0 Å². The van der Waals surface area contributed by atoms with Gasteiger partial charge in [-0.05, 0) is 48.4 Å². The van der Waals surface area contributed by atoms with Crippen LogP contribution < -0.4 is 10.5 Å². The van der Waals surface area contributed by atoms with Crippen LogP contribution in [-0.4, -0.2) is 29.0 Å². The van der Waals surface area contributed by atoms with Crippen LogP contribution in [0.4, 0.5) is 0 Å². The van der Waals surface area contributed by atoms with Gasteiger partial charge in [-0.15, -0.1) is 0 Å². The molecule has 0 spiro atoms. The Hall–Kier alpha value is -1.88. The van der Waals surface area contributed by atoms with Crippen LogP contribution in [0.1, 0.15) is 30.1 Å². The van der Waals surface area contributed by atoms with Gasteiger partial charge in [0.1, 0.15) is 18.5 Å². The Morgan fingerprint density at radius 2 is 1.75 bits per heavy atom. The first kappa shape index (κ1) is 17.0. The Morgan fingerprint density at radius 3 is 2.54 bits per heavy atom. The molecule has 4 atom stereocenters. The highest BCUT2D eigenvalue weighted by atomic mass is 16.5. The molecule has 3 unspecified atom stereocenters. The maximum Gasteiger partial charge on any atom is 0.119 e. The second-order valence-corrected chi connectivity index (χ2v) is 6.52. The summed E-state index contributed by atoms with van der Waals surface area (Å²) >= 11 is 0. The predicted octanol–water partition coefficient (Wildman–Crippen LogP) is 2.44. The molecule has 2 aromatic rings. The molecule has 0 aliphatic heterocycles. The molecule has 4 heteroatoms. The molecule has 0 heterocycles. The van der Waals surface area contributed by atoms with E-state index < -0.39 is 12.2 Å². The van der Waals surface area contributed by atoms with Crippen molar-refractivity contribution in [3.63, 3.8) is 0 Å². The molecule has 1 aliphatic carbocycles. The minimum Gasteiger partial charge on any atom is -0.491 e. The van der Waals surface area contributed by atoms with Gasteiger partial charge >= 0.3 is 0 Å². The average molecular weight is 327 g/mol. The maximum atomic E-state index is 10.4. The fraction of sp³-hybridized carbons (Fsp3) is 0.400. The largest absolute Gasteiger partial charge is 0.491 e. The molecule has 2 aromatic carbocycles. The topological polar surface area (TPSA) is 75.7 Å². The number of aliphatic hydroxyl groups is 2. The molecular weight excluding hydrogens is 302 g/mol. The smallest absolute Gasteiger partial charge is 0.119 e. The summed E-state index contributed by atoms with van der Waals surface area (Å²) in [4.78, 5) is 0. The van der Waals surface area contributed by atoms with Gasteiger partial charge in [-0.2, -0.15) is 0 Å². The number of hydrogen-bond donors (Lipinski definition) is 3. The van der Waals surface area contributed by atoms with E-state index in [9.17, 15) is 10.2 Å². The number of ether oxygens (including phenoxy) is 1. The summed E-state index contributed by atoms with van der Waals surface area (Å²) in [6.07, 6.45) is 1.05. The monoisotopic (exact) mass is 327 g/mol. The van der Waals surface area contributed by atoms with Crippen molar-refractivity contribution in [2.75, 3.05) is 6.61 Å². The Balaban J connectivity index is 1.63. The van der Waals surface area contributed by atoms with Gasteiger partial charge in [0, 0.05) is 6.04 Å². The van der Waals surface area contributed by atoms with E-state index in [2.05, 4.69) is 0 Å². The molecule has 0 bridgehead atoms. The molecule has 0 aromatic heterocycles. The van der Waals surface area contributed by atoms with E-state index in [0.29, 0.717) is 6.42 Å². The van der Waals surface area contributed by atoms with E-state index >= 15 is 0 Å². The van der Waals surface area contributed by atoms with E-state index in [4.69, 9.17) is 10.5 Å². The van der Waals surface area contributed by atoms with Gasteiger partial charge in [0.05, 0.1) is 6.10 Å². The first-order valence-electron chi connectivity index (χ1n) is 8.52. The highest BCUT2D eigenvalue weighted by Crippen LogP contribution is 2.32. The van der Waals surface area contributed by atoms with Gasteiger partial charge in [0.25, 0.3) is 0 Å². The van der Waals surface area contributed by atoms with Crippen LogP contribution in [-0.2, 0) is 6.42 Å². The van der Waals surface area contributed by atoms with Gasteiger partial charge < -0.3 is 20.7 Å². The molecule has 3 rings (SSSR count). The third kappa shape index (κ3) is 3.96. The van der Waals surface area contributed by atoms with Crippen LogP contribution in [0, 0.1) is 5.92 Å². The van der Waals surface area contributed by atoms with Crippen molar-refractivity contribution >= 4 is 0 Å². The van der Waals surface area contributed by atoms with E-state index in [0.717, 1.165) is 29.7 Å². The average Bonchev–Trinajstić information content (AvgIpc) is 2.79. The molecule has 0 saturated carbocycles. The zero-order chi connectivity index (χ0) is 16.9. The molecule has 128 valence electrons. The Labute approximate surface area is 142 Å². The number of hydrogen-bond acceptors (Lipinski definition) is 4. The SMILES string of the molecule is NC(C1CCC(O)c2ccccc2C1)[C@@H](O)COc1ccccc1. The van der Waals surface area contributed by atoms with Crippen LogP contribution in [0.25, 0.3) is 0 Å². The molecule has 4 nitrogen and oxygen atoms in total. The second kappa shape index (κ2) is 7.79. The third-order valence-electron chi connectivity index (χ3n) is 4.86. The van der Waals surface area contributed by atoms with E-state index in [1.807, 2.05) is 54.6 Å². The van der Waals surface area contributed by atoms with Gasteiger partial charge in [0.15, 0.2) is 0 Å². The molecule has 1 aliphatic rings. The highest BCUT2D eigenvalue weighted by Gasteiger charge is 2.30. The summed E-state index contributed by atoms with van der Waals surface area (Å²) in [5.41, 5.74) is 8.43. The first-order chi connectivity index (χ1) is 11.6. The molecule has 0 fully saturated rings. The van der Waals surface area contributed by atoms with Gasteiger partial charge in [-0.3, -0.25) is 0 Å². The summed E-state index contributed by atoms with van der Waals surface area (Å²) in [5.74, 6) is 0.850. The highest BCUT2D eigenvalue weighted by molar-refractivity contribution is 5.30. The lowest BCUT2D eigenvalue weighted by Crippen LogP contribution is -2.45. The quantitative estimate of drug-likeness (QED) is 0.737. The normalized spacial score (nSPS) is 23.0. The Morgan fingerprint density at radius 1 is 1.04 bits per heavy atom. The van der Waals surface area contributed by atoms with Crippen molar-refractivity contribution in [1.82, 2.24) is 0 Å². The number of benzene rings is 2. The number of aliphatic hydroxyl groups excluding tert-OH is 2. The standard InChI is InChI=1S/C20H25NO3/c21-20(19(23)13-24-16-7-2-1-3-8-16)15-10-11-18(22)17-9-5-4-6-14(17)12-15/h1-9,15,18-20,22-23H,10-13,21H2/t15?,18?,19-,20?/m0/s1. The number of para-hydroxylation sites is 1. The number of fused-ring (bicyclic) bond motifs is 1. The number of rotatable bonds is 5. The molecule has 0 amide bonds. The minimum absolute atomic E-state index is 0.123. The summed E-state index contributed by atoms with van der Waals surface area (Å²) in [6, 6.07) is 17.0. The lowest BCUT2D eigenvalue weighted by molar-refractivity contribution is 0.0618. The van der Waals surface area contributed by atoms with Crippen molar-refractivity contribution in [3.05, 3.63) is 65.7 Å². The minimum atomic E-state index is -0.738. The molecular formula is C20H25NO3. The predicted molar refractivity (Wildman–Crippen MR) is 93.7 cm³/mol. The fourth-order valence-corrected chi connectivity index (χ4v) is 3.41. The molecule has 4 N–H and O–H groups in total. The van der Waals surface area contributed by atoms with Gasteiger partial charge in [-0.25, -0.2) is 0 Å². The van der Waals surface area contributed by atoms with Gasteiger partial charge in [0.2, 0.25) is 0 Å². The summed E-state index contributed by atoms with van der Waals surface area (Å²) in [5, 5.41) is 20.7. The van der Waals surface area contributed by atoms with Crippen LogP contribution in [0.5, 0.6) is 5.75 Å². The second-order valence-electron chi connectivity index (χ2n) is 6.52. The summed E-state index contributed by atoms with van der Waals surface area (Å²) in [7, 11) is 0. The van der Waals surface area contributed by atoms with Crippen molar-refractivity contribution in [2.24, 2.45) is 11.7 Å². The van der Waals surface area contributed by atoms with E-state index in [-0.39, 0.29) is 18.6 Å². The van der Waals surface area contributed by atoms with Crippen LogP contribution >= 0.6 is 0 Å². The zero-order valence-electron chi connectivity index (χ0n) is 13.7. The molecule has 0 radical (unpaired) electrons. The van der Waals surface area contributed by atoms with Crippen LogP contribution in [0.3, 0.4) is 0 Å². The van der Waals surface area contributed by atoms with Crippen molar-refractivity contribution in [3.8, 4) is 5.75 Å².